The third-order valence-corrected chi connectivity index (χ3v) is 17.7. The first-order chi connectivity index (χ1) is 35.5. The van der Waals surface area contributed by atoms with E-state index in [0.29, 0.717) is 76.7 Å². The Hall–Kier alpha value is -6.42. The topological polar surface area (TPSA) is 238 Å². The van der Waals surface area contributed by atoms with Crippen molar-refractivity contribution >= 4 is 79.8 Å². The Morgan fingerprint density at radius 3 is 1.63 bits per heavy atom. The first kappa shape index (κ1) is 47.6. The van der Waals surface area contributed by atoms with Crippen LogP contribution in [0.25, 0.3) is 0 Å². The van der Waals surface area contributed by atoms with Crippen LogP contribution >= 0.6 is 22.7 Å². The smallest absolute Gasteiger partial charge is 0.254 e. The SMILES string of the molecule is CCn1nc(C)cc1Nc1nncn1[C@H]1CCc2sc(NC(=O)C3CC3)c(C(=O)NCC3CC3)c2C1.Cn1nc(C2CC2)cc1Nc1nncn1[C@H]1CCc2sc(NC(=O)C3CC3)c(C(=O)NCC3CC3)c2C1.[HH].[HH]. The second-order valence-electron chi connectivity index (χ2n) is 21.3. The van der Waals surface area contributed by atoms with Gasteiger partial charge in [0.05, 0.1) is 22.5 Å². The Morgan fingerprint density at radius 2 is 1.16 bits per heavy atom. The number of thiophene rings is 2. The Labute approximate surface area is 434 Å². The number of amides is 4. The molecule has 6 heterocycles. The van der Waals surface area contributed by atoms with E-state index in [1.54, 1.807) is 35.3 Å². The zero-order valence-corrected chi connectivity index (χ0v) is 43.3. The molecule has 0 radical (unpaired) electrons. The maximum Gasteiger partial charge on any atom is 0.254 e. The maximum absolute atomic E-state index is 13.4. The van der Waals surface area contributed by atoms with E-state index in [2.05, 4.69) is 84.6 Å². The number of rotatable bonds is 18. The van der Waals surface area contributed by atoms with Crippen molar-refractivity contribution in [1.82, 2.24) is 59.7 Å². The van der Waals surface area contributed by atoms with E-state index in [1.165, 1.54) is 48.3 Å². The van der Waals surface area contributed by atoms with Crippen molar-refractivity contribution in [3.05, 3.63) is 68.2 Å². The van der Waals surface area contributed by atoms with Gasteiger partial charge in [-0.25, -0.2) is 4.68 Å². The fourth-order valence-corrected chi connectivity index (χ4v) is 12.7. The number of aromatic nitrogens is 10. The van der Waals surface area contributed by atoms with E-state index in [1.807, 2.05) is 29.4 Å². The van der Waals surface area contributed by atoms with Gasteiger partial charge in [-0.05, 0) is 140 Å². The Kier molecular flexibility index (Phi) is 12.9. The molecule has 73 heavy (non-hydrogen) atoms. The number of aryl methyl sites for hydroxylation is 5. The van der Waals surface area contributed by atoms with Crippen LogP contribution in [0.3, 0.4) is 0 Å². The Bertz CT molecular complexity index is 3080. The molecule has 0 spiro atoms. The molecule has 5 fully saturated rings. The standard InChI is InChI=1S/C26H32N8O2S.C25H32N8O2S.2H2/c1-33-21(11-19(32-33)15-4-5-15)29-26-31-28-13-34(26)17-8-9-20-18(10-17)22(24(36)27-12-14-2-3-14)25(37-20)30-23(35)16-6-7-16;1-3-33-20(10-14(2)31-33)28-25-30-27-13-32(25)17-8-9-19-18(11-17)21(23(35)26-12-15-4-5-15)24(36-19)29-22(34)16-6-7-16;;/h11,13-17H,2-10,12H2,1H3,(H,27,36)(H,29,31)(H,30,35);10,13,15-17H,3-9,11-12H2,1-2H3,(H,26,35)(H,28,30)(H,29,34);2*1H/t2*17-;;/m00../s1. The fourth-order valence-electron chi connectivity index (χ4n) is 10.2. The van der Waals surface area contributed by atoms with E-state index in [4.69, 9.17) is 0 Å². The lowest BCUT2D eigenvalue weighted by atomic mass is 9.91. The van der Waals surface area contributed by atoms with Gasteiger partial charge in [-0.2, -0.15) is 10.2 Å². The largest absolute Gasteiger partial charge is 0.352 e. The quantitative estimate of drug-likeness (QED) is 0.0478. The molecule has 0 unspecified atom stereocenters. The fraction of sp³-hybridized carbons (Fsp3) is 0.569. The highest BCUT2D eigenvalue weighted by Gasteiger charge is 2.38. The monoisotopic (exact) mass is 1030 g/mol. The van der Waals surface area contributed by atoms with E-state index >= 15 is 0 Å². The molecule has 7 aliphatic rings. The number of nitrogens with zero attached hydrogens (tertiary/aromatic N) is 10. The van der Waals surface area contributed by atoms with Gasteiger partial charge in [0.1, 0.15) is 34.3 Å². The first-order valence-electron chi connectivity index (χ1n) is 26.4. The third kappa shape index (κ3) is 10.5. The zero-order valence-electron chi connectivity index (χ0n) is 41.7. The van der Waals surface area contributed by atoms with Gasteiger partial charge in [-0.3, -0.25) is 33.0 Å². The second kappa shape index (κ2) is 19.8. The average molecular weight is 1030 g/mol. The minimum Gasteiger partial charge on any atom is -0.352 e. The number of carbonyl (C=O) groups is 4. The van der Waals surface area contributed by atoms with Crippen LogP contribution in [0.2, 0.25) is 0 Å². The molecule has 7 aliphatic carbocycles. The Balaban J connectivity index is 0.000000167. The van der Waals surface area contributed by atoms with Crippen LogP contribution in [-0.4, -0.2) is 85.8 Å². The van der Waals surface area contributed by atoms with Gasteiger partial charge < -0.3 is 31.9 Å². The summed E-state index contributed by atoms with van der Waals surface area (Å²) in [5.74, 6) is 4.98. The van der Waals surface area contributed by atoms with Gasteiger partial charge in [0.25, 0.3) is 11.8 Å². The van der Waals surface area contributed by atoms with Crippen molar-refractivity contribution in [2.45, 2.75) is 141 Å². The normalized spacial score (nSPS) is 20.0. The molecule has 5 saturated carbocycles. The molecule has 6 N–H and O–H groups in total. The molecule has 22 heteroatoms. The molecule has 0 aliphatic heterocycles. The third-order valence-electron chi connectivity index (χ3n) is 15.3. The van der Waals surface area contributed by atoms with Crippen molar-refractivity contribution in [3.63, 3.8) is 0 Å². The zero-order chi connectivity index (χ0) is 49.9. The van der Waals surface area contributed by atoms with E-state index in [-0.39, 0.29) is 50.4 Å². The highest BCUT2D eigenvalue weighted by molar-refractivity contribution is 7.17. The van der Waals surface area contributed by atoms with Crippen molar-refractivity contribution in [3.8, 4) is 0 Å². The second-order valence-corrected chi connectivity index (χ2v) is 23.5. The minimum absolute atomic E-state index is 0. The lowest BCUT2D eigenvalue weighted by molar-refractivity contribution is -0.118. The maximum atomic E-state index is 13.4. The lowest BCUT2D eigenvalue weighted by Gasteiger charge is -2.25. The van der Waals surface area contributed by atoms with Crippen molar-refractivity contribution in [2.24, 2.45) is 30.7 Å². The molecule has 388 valence electrons. The molecule has 20 nitrogen and oxygen atoms in total. The van der Waals surface area contributed by atoms with Gasteiger partial charge in [0.2, 0.25) is 23.7 Å². The van der Waals surface area contributed by atoms with Gasteiger partial charge >= 0.3 is 0 Å². The highest BCUT2D eigenvalue weighted by atomic mass is 32.1. The summed E-state index contributed by atoms with van der Waals surface area (Å²) >= 11 is 3.14. The molecule has 13 rings (SSSR count). The van der Waals surface area contributed by atoms with E-state index in [0.717, 1.165) is 92.1 Å². The molecule has 2 atom stereocenters. The van der Waals surface area contributed by atoms with Gasteiger partial charge in [-0.1, -0.05) is 0 Å². The predicted octanol–water partition coefficient (Wildman–Crippen LogP) is 8.23. The summed E-state index contributed by atoms with van der Waals surface area (Å²) in [6, 6.07) is 4.31. The molecule has 0 aromatic carbocycles. The number of fused-ring (bicyclic) bond motifs is 2. The minimum atomic E-state index is -0.0735. The lowest BCUT2D eigenvalue weighted by Crippen LogP contribution is -2.28. The van der Waals surface area contributed by atoms with Gasteiger partial charge in [-0.15, -0.1) is 43.1 Å². The van der Waals surface area contributed by atoms with Crippen molar-refractivity contribution < 1.29 is 22.0 Å². The number of anilines is 6. The van der Waals surface area contributed by atoms with Crippen molar-refractivity contribution in [2.75, 3.05) is 34.4 Å². The predicted molar refractivity (Wildman–Crippen MR) is 282 cm³/mol. The number of carbonyl (C=O) groups excluding carboxylic acids is 4. The molecule has 0 bridgehead atoms. The highest BCUT2D eigenvalue weighted by Crippen LogP contribution is 2.45. The molecule has 4 amide bonds. The van der Waals surface area contributed by atoms with Crippen LogP contribution in [0.15, 0.2) is 24.8 Å². The first-order valence-corrected chi connectivity index (χ1v) is 28.0. The summed E-state index contributed by atoms with van der Waals surface area (Å²) < 4.78 is 7.92. The van der Waals surface area contributed by atoms with E-state index < -0.39 is 0 Å². The summed E-state index contributed by atoms with van der Waals surface area (Å²) in [5, 5.41) is 46.9. The number of hydrogen-bond donors (Lipinski definition) is 6. The summed E-state index contributed by atoms with van der Waals surface area (Å²) in [4.78, 5) is 54.3. The summed E-state index contributed by atoms with van der Waals surface area (Å²) in [7, 11) is 1.94. The van der Waals surface area contributed by atoms with Crippen LogP contribution in [0.4, 0.5) is 33.5 Å². The van der Waals surface area contributed by atoms with Crippen LogP contribution in [0.1, 0.15) is 158 Å². The number of hydrogen-bond acceptors (Lipinski definition) is 14. The van der Waals surface area contributed by atoms with Crippen LogP contribution in [0.5, 0.6) is 0 Å². The van der Waals surface area contributed by atoms with Crippen molar-refractivity contribution in [1.29, 1.82) is 0 Å². The molecule has 0 saturated heterocycles. The van der Waals surface area contributed by atoms with Gasteiger partial charge in [0, 0.05) is 81.3 Å². The van der Waals surface area contributed by atoms with Crippen LogP contribution in [0, 0.1) is 30.6 Å². The molecular weight excluding hydrogens is 965 g/mol. The van der Waals surface area contributed by atoms with Gasteiger partial charge in [0.15, 0.2) is 0 Å². The molecular formula is C51H68N16O4S2. The number of nitrogens with one attached hydrogen (secondary N) is 6. The molecule has 6 aromatic heterocycles. The summed E-state index contributed by atoms with van der Waals surface area (Å²) in [6.45, 7) is 6.18. The molecule has 6 aromatic rings. The van der Waals surface area contributed by atoms with E-state index in [9.17, 15) is 19.2 Å². The Morgan fingerprint density at radius 1 is 0.658 bits per heavy atom. The average Bonchev–Trinajstić information content (AvgIpc) is 4.12. The summed E-state index contributed by atoms with van der Waals surface area (Å²) in [6.07, 6.45) is 19.3. The summed E-state index contributed by atoms with van der Waals surface area (Å²) in [5.41, 5.74) is 5.47. The van der Waals surface area contributed by atoms with Crippen LogP contribution in [-0.2, 0) is 48.9 Å². The van der Waals surface area contributed by atoms with Crippen LogP contribution < -0.4 is 31.9 Å².